The van der Waals surface area contributed by atoms with Crippen LogP contribution in [0.15, 0.2) is 17.1 Å². The van der Waals surface area contributed by atoms with Gasteiger partial charge in [-0.05, 0) is 31.0 Å². The Morgan fingerprint density at radius 3 is 2.38 bits per heavy atom. The first kappa shape index (κ1) is 18.2. The number of nitrogens with one attached hydrogen (secondary N) is 1. The maximum atomic E-state index is 9.72. The van der Waals surface area contributed by atoms with Crippen LogP contribution in [0.2, 0.25) is 0 Å². The number of methoxy groups -OCH3 is 3. The van der Waals surface area contributed by atoms with Gasteiger partial charge in [0.1, 0.15) is 0 Å². The lowest BCUT2D eigenvalue weighted by atomic mass is 10.2. The van der Waals surface area contributed by atoms with Crippen LogP contribution in [-0.4, -0.2) is 63.0 Å². The molecule has 1 aliphatic heterocycles. The number of likely N-dealkylation sites (tertiary alicyclic amines) is 1. The van der Waals surface area contributed by atoms with E-state index in [1.54, 1.807) is 21.3 Å². The van der Waals surface area contributed by atoms with E-state index in [2.05, 4.69) is 15.2 Å². The van der Waals surface area contributed by atoms with Crippen LogP contribution in [-0.2, 0) is 6.54 Å². The fourth-order valence-electron chi connectivity index (χ4n) is 2.75. The third-order valence-electron chi connectivity index (χ3n) is 3.93. The minimum absolute atomic E-state index is 0.282. The fraction of sp³-hybridized carbons (Fsp3) is 0.588. The van der Waals surface area contributed by atoms with E-state index in [0.717, 1.165) is 31.0 Å². The number of aliphatic imine (C=N–C) groups is 1. The van der Waals surface area contributed by atoms with Crippen molar-refractivity contribution in [2.24, 2.45) is 4.99 Å². The molecule has 2 N–H and O–H groups in total. The smallest absolute Gasteiger partial charge is 0.203 e. The topological polar surface area (TPSA) is 75.6 Å². The number of aliphatic hydroxyl groups is 1. The van der Waals surface area contributed by atoms with E-state index in [-0.39, 0.29) is 6.10 Å². The second-order valence-corrected chi connectivity index (χ2v) is 5.59. The van der Waals surface area contributed by atoms with Crippen LogP contribution in [0.1, 0.15) is 18.9 Å². The lowest BCUT2D eigenvalue weighted by Crippen LogP contribution is -2.40. The second kappa shape index (κ2) is 8.63. The maximum absolute atomic E-state index is 9.72. The molecule has 1 fully saturated rings. The van der Waals surface area contributed by atoms with Crippen LogP contribution >= 0.6 is 0 Å². The number of guanidine groups is 1. The molecule has 7 heteroatoms. The van der Waals surface area contributed by atoms with E-state index < -0.39 is 0 Å². The molecule has 0 spiro atoms. The lowest BCUT2D eigenvalue weighted by Gasteiger charge is -2.21. The first-order chi connectivity index (χ1) is 11.6. The third-order valence-corrected chi connectivity index (χ3v) is 3.93. The monoisotopic (exact) mass is 337 g/mol. The number of rotatable bonds is 6. The minimum Gasteiger partial charge on any atom is -0.493 e. The number of ether oxygens (including phenoxy) is 3. The Morgan fingerprint density at radius 2 is 1.92 bits per heavy atom. The highest BCUT2D eigenvalue weighted by Crippen LogP contribution is 2.38. The number of aliphatic hydroxyl groups excluding tert-OH is 1. The number of benzene rings is 1. The summed E-state index contributed by atoms with van der Waals surface area (Å²) in [5.41, 5.74) is 0.958. The largest absolute Gasteiger partial charge is 0.493 e. The highest BCUT2D eigenvalue weighted by molar-refractivity contribution is 5.80. The van der Waals surface area contributed by atoms with Crippen molar-refractivity contribution in [3.63, 3.8) is 0 Å². The Balaban J connectivity index is 2.21. The van der Waals surface area contributed by atoms with Gasteiger partial charge in [-0.2, -0.15) is 0 Å². The summed E-state index contributed by atoms with van der Waals surface area (Å²) >= 11 is 0. The van der Waals surface area contributed by atoms with Gasteiger partial charge < -0.3 is 29.5 Å². The standard InChI is InChI=1S/C17H27N3O4/c1-5-18-17(20-7-6-13(21)11-20)19-10-12-8-14(22-2)16(24-4)15(9-12)23-3/h8-9,13,21H,5-7,10-11H2,1-4H3,(H,18,19)/t13-/m1/s1. The van der Waals surface area contributed by atoms with Gasteiger partial charge in [-0.15, -0.1) is 0 Å². The van der Waals surface area contributed by atoms with Crippen LogP contribution in [0.5, 0.6) is 17.2 Å². The van der Waals surface area contributed by atoms with Crippen LogP contribution in [0, 0.1) is 0 Å². The van der Waals surface area contributed by atoms with Gasteiger partial charge in [-0.1, -0.05) is 0 Å². The highest BCUT2D eigenvalue weighted by atomic mass is 16.5. The van der Waals surface area contributed by atoms with Crippen LogP contribution < -0.4 is 19.5 Å². The SMILES string of the molecule is CCNC(=NCc1cc(OC)c(OC)c(OC)c1)N1CC[C@@H](O)C1. The zero-order valence-corrected chi connectivity index (χ0v) is 14.8. The van der Waals surface area contributed by atoms with Crippen molar-refractivity contribution in [3.8, 4) is 17.2 Å². The van der Waals surface area contributed by atoms with E-state index in [0.29, 0.717) is 30.3 Å². The zero-order chi connectivity index (χ0) is 17.5. The molecular weight excluding hydrogens is 310 g/mol. The van der Waals surface area contributed by atoms with Gasteiger partial charge in [0.2, 0.25) is 5.75 Å². The average Bonchev–Trinajstić information content (AvgIpc) is 3.03. The Hall–Kier alpha value is -2.15. The molecule has 0 saturated carbocycles. The van der Waals surface area contributed by atoms with E-state index in [1.807, 2.05) is 19.1 Å². The summed E-state index contributed by atoms with van der Waals surface area (Å²) in [6.45, 7) is 4.71. The molecule has 2 rings (SSSR count). The Kier molecular flexibility index (Phi) is 6.54. The van der Waals surface area contributed by atoms with Crippen molar-refractivity contribution < 1.29 is 19.3 Å². The summed E-state index contributed by atoms with van der Waals surface area (Å²) in [5.74, 6) is 2.61. The number of nitrogens with zero attached hydrogens (tertiary/aromatic N) is 2. The summed E-state index contributed by atoms with van der Waals surface area (Å²) in [6.07, 6.45) is 0.490. The van der Waals surface area contributed by atoms with Gasteiger partial charge >= 0.3 is 0 Å². The first-order valence-corrected chi connectivity index (χ1v) is 8.13. The molecule has 1 aliphatic rings. The number of hydrogen-bond donors (Lipinski definition) is 2. The van der Waals surface area contributed by atoms with Crippen molar-refractivity contribution >= 4 is 5.96 Å². The Labute approximate surface area is 143 Å². The van der Waals surface area contributed by atoms with Crippen molar-refractivity contribution in [2.45, 2.75) is 26.0 Å². The molecule has 1 aromatic rings. The van der Waals surface area contributed by atoms with Gasteiger partial charge in [0.15, 0.2) is 17.5 Å². The zero-order valence-electron chi connectivity index (χ0n) is 14.8. The molecule has 1 saturated heterocycles. The van der Waals surface area contributed by atoms with Crippen molar-refractivity contribution in [1.29, 1.82) is 0 Å². The van der Waals surface area contributed by atoms with Crippen LogP contribution in [0.25, 0.3) is 0 Å². The lowest BCUT2D eigenvalue weighted by molar-refractivity contribution is 0.188. The molecule has 7 nitrogen and oxygen atoms in total. The van der Waals surface area contributed by atoms with Crippen molar-refractivity contribution in [1.82, 2.24) is 10.2 Å². The summed E-state index contributed by atoms with van der Waals surface area (Å²) in [5, 5.41) is 13.0. The molecule has 0 aliphatic carbocycles. The van der Waals surface area contributed by atoms with Crippen molar-refractivity contribution in [2.75, 3.05) is 41.0 Å². The summed E-state index contributed by atoms with van der Waals surface area (Å²) in [4.78, 5) is 6.75. The minimum atomic E-state index is -0.282. The number of β-amino-alcohol motifs (C(OH)–C–C–N with tert-alkyl or cyclic N) is 1. The predicted molar refractivity (Wildman–Crippen MR) is 93.1 cm³/mol. The van der Waals surface area contributed by atoms with E-state index >= 15 is 0 Å². The van der Waals surface area contributed by atoms with Crippen molar-refractivity contribution in [3.05, 3.63) is 17.7 Å². The summed E-state index contributed by atoms with van der Waals surface area (Å²) in [6, 6.07) is 3.79. The molecule has 1 aromatic carbocycles. The normalized spacial score (nSPS) is 17.8. The third kappa shape index (κ3) is 4.23. The van der Waals surface area contributed by atoms with Crippen LogP contribution in [0.4, 0.5) is 0 Å². The molecular formula is C17H27N3O4. The molecule has 134 valence electrons. The van der Waals surface area contributed by atoms with Gasteiger partial charge in [0, 0.05) is 19.6 Å². The molecule has 0 aromatic heterocycles. The molecule has 1 atom stereocenters. The van der Waals surface area contributed by atoms with Gasteiger partial charge in [0.05, 0.1) is 34.0 Å². The maximum Gasteiger partial charge on any atom is 0.203 e. The van der Waals surface area contributed by atoms with Gasteiger partial charge in [-0.25, -0.2) is 4.99 Å². The molecule has 1 heterocycles. The summed E-state index contributed by atoms with van der Waals surface area (Å²) in [7, 11) is 4.78. The fourth-order valence-corrected chi connectivity index (χ4v) is 2.75. The van der Waals surface area contributed by atoms with E-state index in [1.165, 1.54) is 0 Å². The second-order valence-electron chi connectivity index (χ2n) is 5.59. The molecule has 0 unspecified atom stereocenters. The summed E-state index contributed by atoms with van der Waals surface area (Å²) < 4.78 is 16.1. The van der Waals surface area contributed by atoms with Gasteiger partial charge in [-0.3, -0.25) is 0 Å². The highest BCUT2D eigenvalue weighted by Gasteiger charge is 2.22. The first-order valence-electron chi connectivity index (χ1n) is 8.13. The van der Waals surface area contributed by atoms with E-state index in [9.17, 15) is 5.11 Å². The molecule has 0 bridgehead atoms. The molecule has 0 radical (unpaired) electrons. The van der Waals surface area contributed by atoms with Gasteiger partial charge in [0.25, 0.3) is 0 Å². The van der Waals surface area contributed by atoms with E-state index in [4.69, 9.17) is 14.2 Å². The molecule has 24 heavy (non-hydrogen) atoms. The van der Waals surface area contributed by atoms with Crippen LogP contribution in [0.3, 0.4) is 0 Å². The Bertz CT molecular complexity index is 552. The predicted octanol–water partition coefficient (Wildman–Crippen LogP) is 1.24. The molecule has 0 amide bonds. The average molecular weight is 337 g/mol. The Morgan fingerprint density at radius 1 is 1.25 bits per heavy atom. The quantitative estimate of drug-likeness (QED) is 0.601. The number of hydrogen-bond acceptors (Lipinski definition) is 5.